The third kappa shape index (κ3) is 2.51. The zero-order chi connectivity index (χ0) is 16.0. The molecule has 0 saturated carbocycles. The van der Waals surface area contributed by atoms with E-state index in [0.29, 0.717) is 30.7 Å². The van der Waals surface area contributed by atoms with Gasteiger partial charge >= 0.3 is 0 Å². The van der Waals surface area contributed by atoms with Crippen LogP contribution in [0.2, 0.25) is 0 Å². The van der Waals surface area contributed by atoms with Gasteiger partial charge in [0.15, 0.2) is 0 Å². The molecule has 1 atom stereocenters. The van der Waals surface area contributed by atoms with Gasteiger partial charge in [0.1, 0.15) is 16.5 Å². The van der Waals surface area contributed by atoms with Gasteiger partial charge in [-0.2, -0.15) is 10.2 Å². The molecule has 23 heavy (non-hydrogen) atoms. The van der Waals surface area contributed by atoms with Gasteiger partial charge in [0.05, 0.1) is 18.3 Å². The lowest BCUT2D eigenvalue weighted by atomic mass is 10.1. The first kappa shape index (κ1) is 14.3. The van der Waals surface area contributed by atoms with Crippen LogP contribution in [-0.4, -0.2) is 38.8 Å². The molecule has 0 fully saturated rings. The topological polar surface area (TPSA) is 94.2 Å². The molecule has 3 aromatic heterocycles. The van der Waals surface area contributed by atoms with Crippen molar-refractivity contribution in [2.75, 3.05) is 0 Å². The summed E-state index contributed by atoms with van der Waals surface area (Å²) in [7, 11) is -3.63. The van der Waals surface area contributed by atoms with Gasteiger partial charge in [-0.25, -0.2) is 27.3 Å². The Hall–Kier alpha value is -2.26. The van der Waals surface area contributed by atoms with Crippen LogP contribution in [0.5, 0.6) is 0 Å². The molecule has 3 aromatic rings. The summed E-state index contributed by atoms with van der Waals surface area (Å²) in [5, 5.41) is 8.39. The number of nitrogens with zero attached hydrogens (tertiary/aromatic N) is 5. The lowest BCUT2D eigenvalue weighted by Crippen LogP contribution is -2.41. The Morgan fingerprint density at radius 1 is 1.35 bits per heavy atom. The van der Waals surface area contributed by atoms with Crippen molar-refractivity contribution in [3.05, 3.63) is 42.2 Å². The first-order chi connectivity index (χ1) is 11.0. The van der Waals surface area contributed by atoms with Crippen LogP contribution in [0.4, 0.5) is 0 Å². The van der Waals surface area contributed by atoms with Gasteiger partial charge in [-0.05, 0) is 25.5 Å². The Balaban J connectivity index is 1.61. The zero-order valence-corrected chi connectivity index (χ0v) is 13.4. The van der Waals surface area contributed by atoms with Crippen LogP contribution < -0.4 is 4.72 Å². The minimum atomic E-state index is -3.63. The highest BCUT2D eigenvalue weighted by Crippen LogP contribution is 2.19. The quantitative estimate of drug-likeness (QED) is 0.755. The normalized spacial score (nSPS) is 18.2. The number of hydrogen-bond acceptors (Lipinski definition) is 5. The lowest BCUT2D eigenvalue weighted by molar-refractivity contribution is 0.395. The summed E-state index contributed by atoms with van der Waals surface area (Å²) >= 11 is 0. The van der Waals surface area contributed by atoms with Gasteiger partial charge < -0.3 is 0 Å². The van der Waals surface area contributed by atoms with Crippen LogP contribution in [0.25, 0.3) is 5.52 Å². The second kappa shape index (κ2) is 5.14. The smallest absolute Gasteiger partial charge is 0.244 e. The van der Waals surface area contributed by atoms with Crippen LogP contribution >= 0.6 is 0 Å². The molecule has 0 aliphatic carbocycles. The molecule has 9 heteroatoms. The minimum absolute atomic E-state index is 0.193. The summed E-state index contributed by atoms with van der Waals surface area (Å²) in [4.78, 5) is 4.53. The van der Waals surface area contributed by atoms with Crippen molar-refractivity contribution in [1.29, 1.82) is 0 Å². The average Bonchev–Trinajstić information content (AvgIpc) is 3.09. The van der Waals surface area contributed by atoms with E-state index in [4.69, 9.17) is 0 Å². The van der Waals surface area contributed by atoms with E-state index in [1.807, 2.05) is 6.92 Å². The van der Waals surface area contributed by atoms with E-state index in [-0.39, 0.29) is 10.9 Å². The highest BCUT2D eigenvalue weighted by molar-refractivity contribution is 7.89. The second-order valence-corrected chi connectivity index (χ2v) is 7.34. The molecule has 0 saturated heterocycles. The first-order valence-corrected chi connectivity index (χ1v) is 8.86. The fourth-order valence-electron chi connectivity index (χ4n) is 2.93. The molecule has 0 radical (unpaired) electrons. The zero-order valence-electron chi connectivity index (χ0n) is 12.5. The Labute approximate surface area is 133 Å². The minimum Gasteiger partial charge on any atom is -0.248 e. The summed E-state index contributed by atoms with van der Waals surface area (Å²) < 4.78 is 31.5. The SMILES string of the molecule is Cc1nc2n(n1)CC(NS(=O)(=O)c1cnn3ccccc13)CC2. The fourth-order valence-corrected chi connectivity index (χ4v) is 4.31. The van der Waals surface area contributed by atoms with Gasteiger partial charge in [-0.1, -0.05) is 6.07 Å². The van der Waals surface area contributed by atoms with E-state index in [9.17, 15) is 8.42 Å². The number of aromatic nitrogens is 5. The molecule has 1 N–H and O–H groups in total. The molecule has 120 valence electrons. The molecule has 0 spiro atoms. The van der Waals surface area contributed by atoms with E-state index in [0.717, 1.165) is 5.82 Å². The van der Waals surface area contributed by atoms with Crippen molar-refractivity contribution in [2.45, 2.75) is 37.2 Å². The maximum atomic E-state index is 12.7. The Morgan fingerprint density at radius 3 is 3.09 bits per heavy atom. The number of fused-ring (bicyclic) bond motifs is 2. The van der Waals surface area contributed by atoms with E-state index < -0.39 is 10.0 Å². The monoisotopic (exact) mass is 332 g/mol. The third-order valence-corrected chi connectivity index (χ3v) is 5.50. The van der Waals surface area contributed by atoms with Crippen LogP contribution in [0.1, 0.15) is 18.1 Å². The number of pyridine rings is 1. The highest BCUT2D eigenvalue weighted by Gasteiger charge is 2.27. The number of hydrogen-bond donors (Lipinski definition) is 1. The molecule has 1 aliphatic rings. The van der Waals surface area contributed by atoms with Gasteiger partial charge in [-0.3, -0.25) is 0 Å². The standard InChI is InChI=1S/C14H16N6O2S/c1-10-16-14-6-5-11(9-20(14)17-10)18-23(21,22)13-8-15-19-7-3-2-4-12(13)19/h2-4,7-8,11,18H,5-6,9H2,1H3. The summed E-state index contributed by atoms with van der Waals surface area (Å²) in [6.45, 7) is 2.33. The molecule has 0 amide bonds. The van der Waals surface area contributed by atoms with Crippen LogP contribution in [-0.2, 0) is 23.0 Å². The summed E-state index contributed by atoms with van der Waals surface area (Å²) in [6.07, 6.45) is 4.52. The van der Waals surface area contributed by atoms with Crippen LogP contribution in [0.15, 0.2) is 35.5 Å². The molecule has 8 nitrogen and oxygen atoms in total. The Bertz CT molecular complexity index is 974. The number of aryl methyl sites for hydroxylation is 2. The molecule has 1 unspecified atom stereocenters. The lowest BCUT2D eigenvalue weighted by Gasteiger charge is -2.23. The van der Waals surface area contributed by atoms with Crippen molar-refractivity contribution < 1.29 is 8.42 Å². The summed E-state index contributed by atoms with van der Waals surface area (Å²) in [5.41, 5.74) is 0.563. The summed E-state index contributed by atoms with van der Waals surface area (Å²) in [6, 6.07) is 5.13. The largest absolute Gasteiger partial charge is 0.248 e. The number of nitrogens with one attached hydrogen (secondary N) is 1. The van der Waals surface area contributed by atoms with Gasteiger partial charge in [0.2, 0.25) is 10.0 Å². The van der Waals surface area contributed by atoms with Crippen molar-refractivity contribution in [3.8, 4) is 0 Å². The molecule has 4 rings (SSSR count). The van der Waals surface area contributed by atoms with Crippen molar-refractivity contribution in [1.82, 2.24) is 29.1 Å². The molecular weight excluding hydrogens is 316 g/mol. The second-order valence-electron chi connectivity index (χ2n) is 5.65. The molecule has 0 aromatic carbocycles. The predicted octanol–water partition coefficient (Wildman–Crippen LogP) is 0.528. The number of rotatable bonds is 3. The van der Waals surface area contributed by atoms with E-state index in [1.165, 1.54) is 6.20 Å². The summed E-state index contributed by atoms with van der Waals surface area (Å²) in [5.74, 6) is 1.63. The molecule has 0 bridgehead atoms. The maximum Gasteiger partial charge on any atom is 0.244 e. The molecular formula is C14H16N6O2S. The Kier molecular flexibility index (Phi) is 3.20. The maximum absolute atomic E-state index is 12.7. The third-order valence-electron chi connectivity index (χ3n) is 3.97. The van der Waals surface area contributed by atoms with E-state index in [1.54, 1.807) is 33.6 Å². The first-order valence-electron chi connectivity index (χ1n) is 7.38. The van der Waals surface area contributed by atoms with E-state index in [2.05, 4.69) is 19.9 Å². The van der Waals surface area contributed by atoms with Crippen LogP contribution in [0, 0.1) is 6.92 Å². The molecule has 1 aliphatic heterocycles. The van der Waals surface area contributed by atoms with Gasteiger partial charge in [0.25, 0.3) is 0 Å². The van der Waals surface area contributed by atoms with Crippen molar-refractivity contribution in [2.24, 2.45) is 0 Å². The predicted molar refractivity (Wildman–Crippen MR) is 82.4 cm³/mol. The van der Waals surface area contributed by atoms with Gasteiger partial charge in [0, 0.05) is 18.7 Å². The number of sulfonamides is 1. The Morgan fingerprint density at radius 2 is 2.22 bits per heavy atom. The van der Waals surface area contributed by atoms with Crippen LogP contribution in [0.3, 0.4) is 0 Å². The van der Waals surface area contributed by atoms with E-state index >= 15 is 0 Å². The average molecular weight is 332 g/mol. The fraction of sp³-hybridized carbons (Fsp3) is 0.357. The van der Waals surface area contributed by atoms with Crippen molar-refractivity contribution in [3.63, 3.8) is 0 Å². The van der Waals surface area contributed by atoms with Crippen molar-refractivity contribution >= 4 is 15.5 Å². The highest BCUT2D eigenvalue weighted by atomic mass is 32.2. The van der Waals surface area contributed by atoms with Gasteiger partial charge in [-0.15, -0.1) is 0 Å². The molecule has 4 heterocycles.